The summed E-state index contributed by atoms with van der Waals surface area (Å²) in [6.45, 7) is 1.47. The van der Waals surface area contributed by atoms with E-state index >= 15 is 0 Å². The number of carbonyl (C=O) groups is 1. The van der Waals surface area contributed by atoms with Crippen LogP contribution in [0.4, 0.5) is 5.95 Å². The molecule has 1 amide bonds. The van der Waals surface area contributed by atoms with E-state index < -0.39 is 0 Å². The van der Waals surface area contributed by atoms with Gasteiger partial charge in [-0.15, -0.1) is 5.10 Å². The predicted molar refractivity (Wildman–Crippen MR) is 94.9 cm³/mol. The first-order valence-electron chi connectivity index (χ1n) is 8.14. The normalized spacial score (nSPS) is 10.6. The lowest BCUT2D eigenvalue weighted by Gasteiger charge is -2.04. The van der Waals surface area contributed by atoms with E-state index in [-0.39, 0.29) is 12.3 Å². The van der Waals surface area contributed by atoms with Gasteiger partial charge >= 0.3 is 0 Å². The van der Waals surface area contributed by atoms with Gasteiger partial charge in [0.2, 0.25) is 11.9 Å². The Labute approximate surface area is 146 Å². The summed E-state index contributed by atoms with van der Waals surface area (Å²) in [5.74, 6) is 0.148. The second-order valence-corrected chi connectivity index (χ2v) is 5.59. The van der Waals surface area contributed by atoms with Crippen molar-refractivity contribution in [3.63, 3.8) is 0 Å². The zero-order chi connectivity index (χ0) is 17.3. The molecule has 0 aliphatic carbocycles. The summed E-state index contributed by atoms with van der Waals surface area (Å²) in [4.78, 5) is 16.0. The van der Waals surface area contributed by atoms with Gasteiger partial charge in [0.05, 0.1) is 26.2 Å². The molecule has 0 bridgehead atoms. The molecule has 1 N–H and O–H groups in total. The van der Waals surface area contributed by atoms with Crippen molar-refractivity contribution in [2.45, 2.75) is 19.6 Å². The third kappa shape index (κ3) is 5.54. The number of carbonyl (C=O) groups excluding carboxylic acids is 1. The minimum atomic E-state index is -0.162. The highest BCUT2D eigenvalue weighted by molar-refractivity contribution is 5.88. The molecule has 1 aromatic heterocycles. The molecule has 128 valence electrons. The number of benzene rings is 2. The van der Waals surface area contributed by atoms with Crippen LogP contribution >= 0.6 is 0 Å². The van der Waals surface area contributed by atoms with Crippen LogP contribution in [0.5, 0.6) is 0 Å². The maximum Gasteiger partial charge on any atom is 0.248 e. The third-order valence-corrected chi connectivity index (χ3v) is 3.56. The summed E-state index contributed by atoms with van der Waals surface area (Å²) in [5.41, 5.74) is 2.21. The van der Waals surface area contributed by atoms with Gasteiger partial charge in [-0.05, 0) is 11.1 Å². The van der Waals surface area contributed by atoms with E-state index in [1.165, 1.54) is 0 Å². The number of rotatable bonds is 8. The molecule has 0 aliphatic rings. The maximum atomic E-state index is 11.9. The lowest BCUT2D eigenvalue weighted by Crippen LogP contribution is -2.15. The van der Waals surface area contributed by atoms with E-state index in [0.29, 0.717) is 25.7 Å². The first-order chi connectivity index (χ1) is 12.3. The molecule has 0 fully saturated rings. The molecule has 0 saturated heterocycles. The standard InChI is InChI=1S/C19H20N4O2/c24-18(11-12-25-14-17-9-5-2-6-10-17)21-19-20-15-23(22-19)13-16-7-3-1-4-8-16/h1-10,15H,11-14H2,(H,21,22,24). The van der Waals surface area contributed by atoms with Gasteiger partial charge in [-0.25, -0.2) is 9.67 Å². The summed E-state index contributed by atoms with van der Waals surface area (Å²) in [5, 5.41) is 6.94. The van der Waals surface area contributed by atoms with Crippen molar-refractivity contribution in [1.82, 2.24) is 14.8 Å². The quantitative estimate of drug-likeness (QED) is 0.642. The van der Waals surface area contributed by atoms with Crippen LogP contribution in [-0.2, 0) is 22.7 Å². The SMILES string of the molecule is O=C(CCOCc1ccccc1)Nc1ncn(Cc2ccccc2)n1. The molecule has 0 saturated carbocycles. The van der Waals surface area contributed by atoms with Gasteiger partial charge < -0.3 is 4.74 Å². The van der Waals surface area contributed by atoms with Crippen molar-refractivity contribution >= 4 is 11.9 Å². The number of nitrogens with zero attached hydrogens (tertiary/aromatic N) is 3. The molecular weight excluding hydrogens is 316 g/mol. The van der Waals surface area contributed by atoms with Crippen LogP contribution in [0.15, 0.2) is 67.0 Å². The lowest BCUT2D eigenvalue weighted by atomic mass is 10.2. The Morgan fingerprint density at radius 3 is 2.40 bits per heavy atom. The van der Waals surface area contributed by atoms with Gasteiger partial charge in [0.15, 0.2) is 0 Å². The van der Waals surface area contributed by atoms with Crippen LogP contribution in [0.3, 0.4) is 0 Å². The fourth-order valence-electron chi connectivity index (χ4n) is 2.31. The van der Waals surface area contributed by atoms with Crippen LogP contribution in [-0.4, -0.2) is 27.3 Å². The maximum absolute atomic E-state index is 11.9. The molecular formula is C19H20N4O2. The molecule has 0 spiro atoms. The zero-order valence-corrected chi connectivity index (χ0v) is 13.8. The molecule has 25 heavy (non-hydrogen) atoms. The fraction of sp³-hybridized carbons (Fsp3) is 0.211. The molecule has 0 unspecified atom stereocenters. The van der Waals surface area contributed by atoms with E-state index in [2.05, 4.69) is 15.4 Å². The Balaban J connectivity index is 1.39. The number of hydrogen-bond acceptors (Lipinski definition) is 4. The Morgan fingerprint density at radius 2 is 1.68 bits per heavy atom. The molecule has 0 atom stereocenters. The number of amides is 1. The molecule has 2 aromatic carbocycles. The Bertz CT molecular complexity index is 787. The number of hydrogen-bond donors (Lipinski definition) is 1. The van der Waals surface area contributed by atoms with E-state index in [4.69, 9.17) is 4.74 Å². The Kier molecular flexibility index (Phi) is 5.90. The molecule has 6 nitrogen and oxygen atoms in total. The molecule has 0 radical (unpaired) electrons. The highest BCUT2D eigenvalue weighted by Crippen LogP contribution is 2.04. The average Bonchev–Trinajstić information content (AvgIpc) is 3.07. The van der Waals surface area contributed by atoms with Gasteiger partial charge in [0, 0.05) is 0 Å². The highest BCUT2D eigenvalue weighted by atomic mass is 16.5. The lowest BCUT2D eigenvalue weighted by molar-refractivity contribution is -0.117. The second kappa shape index (κ2) is 8.75. The van der Waals surface area contributed by atoms with E-state index in [1.807, 2.05) is 60.7 Å². The Hall–Kier alpha value is -2.99. The van der Waals surface area contributed by atoms with Crippen molar-refractivity contribution < 1.29 is 9.53 Å². The van der Waals surface area contributed by atoms with Gasteiger partial charge in [0.25, 0.3) is 0 Å². The summed E-state index contributed by atoms with van der Waals surface area (Å²) < 4.78 is 7.20. The smallest absolute Gasteiger partial charge is 0.248 e. The van der Waals surface area contributed by atoms with Gasteiger partial charge in [-0.1, -0.05) is 60.7 Å². The van der Waals surface area contributed by atoms with Crippen molar-refractivity contribution in [2.75, 3.05) is 11.9 Å². The van der Waals surface area contributed by atoms with Crippen LogP contribution in [0.1, 0.15) is 17.5 Å². The van der Waals surface area contributed by atoms with Crippen LogP contribution in [0, 0.1) is 0 Å². The van der Waals surface area contributed by atoms with Crippen molar-refractivity contribution in [2.24, 2.45) is 0 Å². The van der Waals surface area contributed by atoms with Crippen LogP contribution in [0.25, 0.3) is 0 Å². The van der Waals surface area contributed by atoms with E-state index in [0.717, 1.165) is 11.1 Å². The van der Waals surface area contributed by atoms with Crippen molar-refractivity contribution in [3.05, 3.63) is 78.1 Å². The molecule has 3 rings (SSSR count). The molecule has 3 aromatic rings. The number of nitrogens with one attached hydrogen (secondary N) is 1. The number of aromatic nitrogens is 3. The van der Waals surface area contributed by atoms with Gasteiger partial charge in [-0.3, -0.25) is 10.1 Å². The summed E-state index contributed by atoms with van der Waals surface area (Å²) in [6, 6.07) is 19.8. The van der Waals surface area contributed by atoms with Crippen LogP contribution < -0.4 is 5.32 Å². The summed E-state index contributed by atoms with van der Waals surface area (Å²) >= 11 is 0. The first-order valence-corrected chi connectivity index (χ1v) is 8.14. The topological polar surface area (TPSA) is 69.0 Å². The van der Waals surface area contributed by atoms with E-state index in [9.17, 15) is 4.79 Å². The Morgan fingerprint density at radius 1 is 1.00 bits per heavy atom. The van der Waals surface area contributed by atoms with Crippen molar-refractivity contribution in [3.8, 4) is 0 Å². The van der Waals surface area contributed by atoms with E-state index in [1.54, 1.807) is 11.0 Å². The fourth-order valence-corrected chi connectivity index (χ4v) is 2.31. The average molecular weight is 336 g/mol. The highest BCUT2D eigenvalue weighted by Gasteiger charge is 2.07. The monoisotopic (exact) mass is 336 g/mol. The van der Waals surface area contributed by atoms with Gasteiger partial charge in [0.1, 0.15) is 6.33 Å². The minimum Gasteiger partial charge on any atom is -0.376 e. The predicted octanol–water partition coefficient (Wildman–Crippen LogP) is 2.87. The largest absolute Gasteiger partial charge is 0.376 e. The van der Waals surface area contributed by atoms with Gasteiger partial charge in [-0.2, -0.15) is 0 Å². The minimum absolute atomic E-state index is 0.162. The third-order valence-electron chi connectivity index (χ3n) is 3.56. The molecule has 6 heteroatoms. The number of ether oxygens (including phenoxy) is 1. The summed E-state index contributed by atoms with van der Waals surface area (Å²) in [6.07, 6.45) is 1.87. The molecule has 1 heterocycles. The van der Waals surface area contributed by atoms with Crippen LogP contribution in [0.2, 0.25) is 0 Å². The molecule has 0 aliphatic heterocycles. The number of anilines is 1. The second-order valence-electron chi connectivity index (χ2n) is 5.59. The van der Waals surface area contributed by atoms with Crippen molar-refractivity contribution in [1.29, 1.82) is 0 Å². The first kappa shape index (κ1) is 16.9. The zero-order valence-electron chi connectivity index (χ0n) is 13.8. The summed E-state index contributed by atoms with van der Waals surface area (Å²) in [7, 11) is 0.